The lowest BCUT2D eigenvalue weighted by Gasteiger charge is -2.19. The van der Waals surface area contributed by atoms with Crippen LogP contribution in [0.15, 0.2) is 36.4 Å². The van der Waals surface area contributed by atoms with Gasteiger partial charge in [-0.3, -0.25) is 4.79 Å². The van der Waals surface area contributed by atoms with Gasteiger partial charge in [-0.1, -0.05) is 18.2 Å². The van der Waals surface area contributed by atoms with Crippen molar-refractivity contribution in [1.82, 2.24) is 0 Å². The van der Waals surface area contributed by atoms with Gasteiger partial charge in [-0.15, -0.1) is 0 Å². The first kappa shape index (κ1) is 11.3. The zero-order valence-electron chi connectivity index (χ0n) is 10.3. The minimum Gasteiger partial charge on any atom is -0.385 e. The topological polar surface area (TPSA) is 55.1 Å². The van der Waals surface area contributed by atoms with Crippen LogP contribution in [0.5, 0.6) is 0 Å². The summed E-state index contributed by atoms with van der Waals surface area (Å²) in [6, 6.07) is 7.41. The Morgan fingerprint density at radius 3 is 2.89 bits per heavy atom. The zero-order valence-corrected chi connectivity index (χ0v) is 10.3. The second-order valence-corrected chi connectivity index (χ2v) is 5.37. The first-order valence-corrected chi connectivity index (χ1v) is 6.54. The molecule has 3 unspecified atom stereocenters. The van der Waals surface area contributed by atoms with Crippen LogP contribution in [0.25, 0.3) is 0 Å². The van der Waals surface area contributed by atoms with Crippen LogP contribution >= 0.6 is 0 Å². The molecule has 1 aromatic rings. The van der Waals surface area contributed by atoms with Crippen molar-refractivity contribution in [1.29, 1.82) is 0 Å². The molecule has 2 bridgehead atoms. The molecule has 1 amide bonds. The third-order valence-electron chi connectivity index (χ3n) is 4.13. The number of nitrogens with two attached hydrogens (primary N) is 1. The second-order valence-electron chi connectivity index (χ2n) is 5.37. The lowest BCUT2D eigenvalue weighted by atomic mass is 9.93. The molecule has 3 rings (SSSR count). The van der Waals surface area contributed by atoms with Gasteiger partial charge < -0.3 is 11.1 Å². The van der Waals surface area contributed by atoms with Gasteiger partial charge in [0.25, 0.3) is 0 Å². The van der Waals surface area contributed by atoms with E-state index in [0.717, 1.165) is 30.0 Å². The number of amides is 1. The number of rotatable bonds is 4. The van der Waals surface area contributed by atoms with E-state index in [4.69, 9.17) is 5.73 Å². The number of primary amides is 1. The minimum atomic E-state index is -0.374. The van der Waals surface area contributed by atoms with Gasteiger partial charge in [0.05, 0.1) is 0 Å². The van der Waals surface area contributed by atoms with Gasteiger partial charge in [0, 0.05) is 17.8 Å². The standard InChI is InChI=1S/C15H18N2O/c16-15(18)12-2-1-3-14(8-12)17-9-13-7-10-4-5-11(13)6-10/h1-5,8,10-11,13,17H,6-7,9H2,(H2,16,18). The van der Waals surface area contributed by atoms with Crippen LogP contribution in [0, 0.1) is 17.8 Å². The van der Waals surface area contributed by atoms with Crippen LogP contribution in [0.4, 0.5) is 5.69 Å². The molecule has 3 N–H and O–H groups in total. The summed E-state index contributed by atoms with van der Waals surface area (Å²) in [5, 5.41) is 3.43. The minimum absolute atomic E-state index is 0.374. The Bertz CT molecular complexity index is 495. The third kappa shape index (κ3) is 2.13. The molecule has 18 heavy (non-hydrogen) atoms. The fourth-order valence-corrected chi connectivity index (χ4v) is 3.16. The molecule has 0 aliphatic heterocycles. The van der Waals surface area contributed by atoms with Gasteiger partial charge in [0.2, 0.25) is 5.91 Å². The predicted molar refractivity (Wildman–Crippen MR) is 72.3 cm³/mol. The molecule has 1 fully saturated rings. The van der Waals surface area contributed by atoms with E-state index in [1.807, 2.05) is 18.2 Å². The molecule has 3 atom stereocenters. The summed E-state index contributed by atoms with van der Waals surface area (Å²) in [6.07, 6.45) is 7.34. The molecular weight excluding hydrogens is 224 g/mol. The number of allylic oxidation sites excluding steroid dienone is 2. The first-order valence-electron chi connectivity index (χ1n) is 6.54. The molecule has 94 valence electrons. The Kier molecular flexibility index (Phi) is 2.82. The summed E-state index contributed by atoms with van der Waals surface area (Å²) in [5.41, 5.74) is 6.82. The van der Waals surface area contributed by atoms with Crippen LogP contribution in [0.1, 0.15) is 23.2 Å². The van der Waals surface area contributed by atoms with Gasteiger partial charge in [-0.05, 0) is 48.8 Å². The van der Waals surface area contributed by atoms with Gasteiger partial charge >= 0.3 is 0 Å². The molecule has 0 saturated heterocycles. The molecule has 2 aliphatic rings. The average Bonchev–Trinajstić information content (AvgIpc) is 2.99. The average molecular weight is 242 g/mol. The summed E-state index contributed by atoms with van der Waals surface area (Å²) >= 11 is 0. The summed E-state index contributed by atoms with van der Waals surface area (Å²) < 4.78 is 0. The molecule has 1 saturated carbocycles. The zero-order chi connectivity index (χ0) is 12.5. The van der Waals surface area contributed by atoms with E-state index in [0.29, 0.717) is 5.56 Å². The second kappa shape index (κ2) is 4.48. The monoisotopic (exact) mass is 242 g/mol. The molecule has 0 heterocycles. The summed E-state index contributed by atoms with van der Waals surface area (Å²) in [7, 11) is 0. The lowest BCUT2D eigenvalue weighted by Crippen LogP contribution is -2.18. The van der Waals surface area contributed by atoms with Crippen molar-refractivity contribution in [3.05, 3.63) is 42.0 Å². The van der Waals surface area contributed by atoms with E-state index < -0.39 is 0 Å². The van der Waals surface area contributed by atoms with Gasteiger partial charge in [0.1, 0.15) is 0 Å². The number of nitrogens with one attached hydrogen (secondary N) is 1. The summed E-state index contributed by atoms with van der Waals surface area (Å²) in [6.45, 7) is 0.980. The maximum Gasteiger partial charge on any atom is 0.248 e. The Balaban J connectivity index is 1.62. The highest BCUT2D eigenvalue weighted by atomic mass is 16.1. The van der Waals surface area contributed by atoms with Crippen molar-refractivity contribution in [2.75, 3.05) is 11.9 Å². The Morgan fingerprint density at radius 2 is 2.22 bits per heavy atom. The van der Waals surface area contributed by atoms with Crippen molar-refractivity contribution in [3.8, 4) is 0 Å². The number of carbonyl (C=O) groups excluding carboxylic acids is 1. The molecule has 3 heteroatoms. The Labute approximate surface area is 107 Å². The summed E-state index contributed by atoms with van der Waals surface area (Å²) in [5.74, 6) is 1.92. The highest BCUT2D eigenvalue weighted by Gasteiger charge is 2.35. The van der Waals surface area contributed by atoms with Gasteiger partial charge in [0.15, 0.2) is 0 Å². The SMILES string of the molecule is NC(=O)c1cccc(NCC2CC3C=CC2C3)c1. The van der Waals surface area contributed by atoms with Crippen molar-refractivity contribution >= 4 is 11.6 Å². The van der Waals surface area contributed by atoms with Crippen LogP contribution in [0.2, 0.25) is 0 Å². The van der Waals surface area contributed by atoms with Crippen LogP contribution in [0.3, 0.4) is 0 Å². The van der Waals surface area contributed by atoms with E-state index in [2.05, 4.69) is 17.5 Å². The highest BCUT2D eigenvalue weighted by molar-refractivity contribution is 5.93. The largest absolute Gasteiger partial charge is 0.385 e. The van der Waals surface area contributed by atoms with E-state index >= 15 is 0 Å². The van der Waals surface area contributed by atoms with Crippen molar-refractivity contribution < 1.29 is 4.79 Å². The van der Waals surface area contributed by atoms with E-state index in [9.17, 15) is 4.79 Å². The van der Waals surface area contributed by atoms with Crippen LogP contribution in [-0.2, 0) is 0 Å². The van der Waals surface area contributed by atoms with Crippen LogP contribution in [-0.4, -0.2) is 12.5 Å². The predicted octanol–water partition coefficient (Wildman–Crippen LogP) is 2.41. The van der Waals surface area contributed by atoms with E-state index in [-0.39, 0.29) is 5.91 Å². The van der Waals surface area contributed by atoms with Gasteiger partial charge in [-0.25, -0.2) is 0 Å². The fourth-order valence-electron chi connectivity index (χ4n) is 3.16. The molecule has 1 aromatic carbocycles. The fraction of sp³-hybridized carbons (Fsp3) is 0.400. The smallest absolute Gasteiger partial charge is 0.248 e. The molecular formula is C15H18N2O. The normalized spacial score (nSPS) is 28.6. The number of carbonyl (C=O) groups is 1. The third-order valence-corrected chi connectivity index (χ3v) is 4.13. The number of hydrogen-bond donors (Lipinski definition) is 2. The van der Waals surface area contributed by atoms with Crippen LogP contribution < -0.4 is 11.1 Å². The molecule has 0 spiro atoms. The van der Waals surface area contributed by atoms with E-state index in [1.165, 1.54) is 12.8 Å². The Hall–Kier alpha value is -1.77. The first-order chi connectivity index (χ1) is 8.72. The maximum absolute atomic E-state index is 11.1. The lowest BCUT2D eigenvalue weighted by molar-refractivity contribution is 0.100. The highest BCUT2D eigenvalue weighted by Crippen LogP contribution is 2.43. The van der Waals surface area contributed by atoms with Crippen molar-refractivity contribution in [3.63, 3.8) is 0 Å². The van der Waals surface area contributed by atoms with Crippen molar-refractivity contribution in [2.24, 2.45) is 23.5 Å². The number of anilines is 1. The molecule has 2 aliphatic carbocycles. The number of benzene rings is 1. The molecule has 0 radical (unpaired) electrons. The van der Waals surface area contributed by atoms with Crippen molar-refractivity contribution in [2.45, 2.75) is 12.8 Å². The van der Waals surface area contributed by atoms with E-state index in [1.54, 1.807) is 6.07 Å². The number of fused-ring (bicyclic) bond motifs is 2. The number of hydrogen-bond acceptors (Lipinski definition) is 2. The summed E-state index contributed by atoms with van der Waals surface area (Å²) in [4.78, 5) is 11.1. The quantitative estimate of drug-likeness (QED) is 0.797. The maximum atomic E-state index is 11.1. The molecule has 0 aromatic heterocycles. The van der Waals surface area contributed by atoms with Gasteiger partial charge in [-0.2, -0.15) is 0 Å². The Morgan fingerprint density at radius 1 is 1.33 bits per heavy atom. The molecule has 3 nitrogen and oxygen atoms in total.